The molecule has 2 N–H and O–H groups in total. The standard InChI is InChI=1S/C12H13ClN4O2/c1-8-5-16-17(7-8)3-2-14-11-4-9(12(18)19)10(13)6-15-11/h4-7H,2-3H2,1H3,(H,14,15)(H,18,19). The molecule has 0 atom stereocenters. The summed E-state index contributed by atoms with van der Waals surface area (Å²) in [6.07, 6.45) is 5.04. The molecule has 19 heavy (non-hydrogen) atoms. The fourth-order valence-corrected chi connectivity index (χ4v) is 1.77. The zero-order valence-corrected chi connectivity index (χ0v) is 11.1. The molecule has 2 rings (SSSR count). The van der Waals surface area contributed by atoms with Crippen molar-refractivity contribution >= 4 is 23.4 Å². The molecule has 0 aliphatic carbocycles. The first kappa shape index (κ1) is 13.4. The molecule has 0 unspecified atom stereocenters. The molecule has 2 aromatic rings. The quantitative estimate of drug-likeness (QED) is 0.876. The Labute approximate surface area is 115 Å². The Kier molecular flexibility index (Phi) is 4.01. The molecule has 0 bridgehead atoms. The number of nitrogens with zero attached hydrogens (tertiary/aromatic N) is 3. The van der Waals surface area contributed by atoms with Crippen LogP contribution < -0.4 is 5.32 Å². The number of aromatic nitrogens is 3. The number of pyridine rings is 1. The molecule has 7 heteroatoms. The van der Waals surface area contributed by atoms with Gasteiger partial charge >= 0.3 is 5.97 Å². The second-order valence-electron chi connectivity index (χ2n) is 4.06. The van der Waals surface area contributed by atoms with Crippen LogP contribution in [0.2, 0.25) is 5.02 Å². The van der Waals surface area contributed by atoms with E-state index in [1.54, 1.807) is 10.9 Å². The topological polar surface area (TPSA) is 80.0 Å². The van der Waals surface area contributed by atoms with Gasteiger partial charge < -0.3 is 10.4 Å². The molecule has 0 saturated heterocycles. The van der Waals surface area contributed by atoms with E-state index in [9.17, 15) is 4.79 Å². The molecule has 2 heterocycles. The van der Waals surface area contributed by atoms with Crippen LogP contribution in [0.1, 0.15) is 15.9 Å². The monoisotopic (exact) mass is 280 g/mol. The molecule has 100 valence electrons. The number of hydrogen-bond donors (Lipinski definition) is 2. The molecule has 0 radical (unpaired) electrons. The third-order valence-electron chi connectivity index (χ3n) is 2.50. The lowest BCUT2D eigenvalue weighted by Gasteiger charge is -2.07. The summed E-state index contributed by atoms with van der Waals surface area (Å²) in [6.45, 7) is 3.23. The van der Waals surface area contributed by atoms with Crippen LogP contribution in [0, 0.1) is 6.92 Å². The molecule has 0 fully saturated rings. The van der Waals surface area contributed by atoms with Crippen LogP contribution in [0.15, 0.2) is 24.7 Å². The summed E-state index contributed by atoms with van der Waals surface area (Å²) in [6, 6.07) is 1.42. The van der Waals surface area contributed by atoms with E-state index in [1.165, 1.54) is 12.3 Å². The molecule has 2 aromatic heterocycles. The summed E-state index contributed by atoms with van der Waals surface area (Å²) in [5.41, 5.74) is 1.13. The summed E-state index contributed by atoms with van der Waals surface area (Å²) in [4.78, 5) is 14.9. The van der Waals surface area contributed by atoms with E-state index in [4.69, 9.17) is 16.7 Å². The van der Waals surface area contributed by atoms with Gasteiger partial charge in [-0.3, -0.25) is 4.68 Å². The van der Waals surface area contributed by atoms with Gasteiger partial charge in [0.05, 0.1) is 23.3 Å². The summed E-state index contributed by atoms with van der Waals surface area (Å²) in [5.74, 6) is -0.594. The van der Waals surface area contributed by atoms with E-state index in [0.717, 1.165) is 5.56 Å². The van der Waals surface area contributed by atoms with Gasteiger partial charge in [-0.25, -0.2) is 9.78 Å². The van der Waals surface area contributed by atoms with Crippen molar-refractivity contribution in [2.75, 3.05) is 11.9 Å². The normalized spacial score (nSPS) is 10.4. The van der Waals surface area contributed by atoms with Crippen molar-refractivity contribution in [2.24, 2.45) is 0 Å². The third kappa shape index (κ3) is 3.45. The minimum Gasteiger partial charge on any atom is -0.478 e. The van der Waals surface area contributed by atoms with Gasteiger partial charge in [0, 0.05) is 18.9 Å². The van der Waals surface area contributed by atoms with Crippen molar-refractivity contribution in [3.63, 3.8) is 0 Å². The number of carboxylic acids is 1. The van der Waals surface area contributed by atoms with Crippen molar-refractivity contribution in [1.29, 1.82) is 0 Å². The number of carbonyl (C=O) groups is 1. The van der Waals surface area contributed by atoms with Crippen LogP contribution in [0.4, 0.5) is 5.82 Å². The Morgan fingerprint density at radius 1 is 1.53 bits per heavy atom. The van der Waals surface area contributed by atoms with Crippen molar-refractivity contribution in [2.45, 2.75) is 13.5 Å². The fraction of sp³-hybridized carbons (Fsp3) is 0.250. The van der Waals surface area contributed by atoms with Crippen LogP contribution in [0.3, 0.4) is 0 Å². The van der Waals surface area contributed by atoms with Crippen LogP contribution in [-0.4, -0.2) is 32.4 Å². The minimum atomic E-state index is -1.07. The summed E-state index contributed by atoms with van der Waals surface area (Å²) >= 11 is 5.74. The molecule has 0 saturated carbocycles. The second kappa shape index (κ2) is 5.71. The first-order valence-corrected chi connectivity index (χ1v) is 6.06. The molecule has 0 spiro atoms. The lowest BCUT2D eigenvalue weighted by molar-refractivity contribution is 0.0697. The second-order valence-corrected chi connectivity index (χ2v) is 4.47. The smallest absolute Gasteiger partial charge is 0.337 e. The molecule has 0 aliphatic rings. The SMILES string of the molecule is Cc1cnn(CCNc2cc(C(=O)O)c(Cl)cn2)c1. The van der Waals surface area contributed by atoms with E-state index in [0.29, 0.717) is 18.9 Å². The Bertz CT molecular complexity index is 597. The molecular weight excluding hydrogens is 268 g/mol. The summed E-state index contributed by atoms with van der Waals surface area (Å²) in [7, 11) is 0. The lowest BCUT2D eigenvalue weighted by atomic mass is 10.2. The highest BCUT2D eigenvalue weighted by atomic mass is 35.5. The number of nitrogens with one attached hydrogen (secondary N) is 1. The Hall–Kier alpha value is -2.08. The Morgan fingerprint density at radius 2 is 2.32 bits per heavy atom. The lowest BCUT2D eigenvalue weighted by Crippen LogP contribution is -2.12. The highest BCUT2D eigenvalue weighted by Gasteiger charge is 2.10. The Balaban J connectivity index is 1.96. The van der Waals surface area contributed by atoms with E-state index in [2.05, 4.69) is 15.4 Å². The number of halogens is 1. The van der Waals surface area contributed by atoms with E-state index in [-0.39, 0.29) is 10.6 Å². The highest BCUT2D eigenvalue weighted by molar-refractivity contribution is 6.33. The summed E-state index contributed by atoms with van der Waals surface area (Å²) in [5, 5.41) is 16.2. The van der Waals surface area contributed by atoms with Crippen molar-refractivity contribution in [3.8, 4) is 0 Å². The molecule has 0 aromatic carbocycles. The van der Waals surface area contributed by atoms with Gasteiger partial charge in [0.1, 0.15) is 5.82 Å². The number of rotatable bonds is 5. The zero-order valence-electron chi connectivity index (χ0n) is 10.3. The molecule has 0 aliphatic heterocycles. The number of hydrogen-bond acceptors (Lipinski definition) is 4. The zero-order chi connectivity index (χ0) is 13.8. The van der Waals surface area contributed by atoms with Gasteiger partial charge in [-0.05, 0) is 18.6 Å². The van der Waals surface area contributed by atoms with E-state index >= 15 is 0 Å². The van der Waals surface area contributed by atoms with E-state index in [1.807, 2.05) is 13.1 Å². The first-order valence-electron chi connectivity index (χ1n) is 5.68. The van der Waals surface area contributed by atoms with Gasteiger partial charge in [0.15, 0.2) is 0 Å². The van der Waals surface area contributed by atoms with Gasteiger partial charge in [-0.15, -0.1) is 0 Å². The summed E-state index contributed by atoms with van der Waals surface area (Å²) < 4.78 is 1.80. The van der Waals surface area contributed by atoms with Gasteiger partial charge in [-0.1, -0.05) is 11.6 Å². The average Bonchev–Trinajstić information content (AvgIpc) is 2.77. The van der Waals surface area contributed by atoms with Crippen LogP contribution >= 0.6 is 11.6 Å². The van der Waals surface area contributed by atoms with Crippen molar-refractivity contribution in [3.05, 3.63) is 40.8 Å². The van der Waals surface area contributed by atoms with Crippen molar-refractivity contribution < 1.29 is 9.90 Å². The highest BCUT2D eigenvalue weighted by Crippen LogP contribution is 2.17. The number of anilines is 1. The molecule has 6 nitrogen and oxygen atoms in total. The van der Waals surface area contributed by atoms with Gasteiger partial charge in [0.25, 0.3) is 0 Å². The number of aromatic carboxylic acids is 1. The molecule has 0 amide bonds. The fourth-order valence-electron chi connectivity index (χ4n) is 1.59. The minimum absolute atomic E-state index is 0.0362. The number of carboxylic acid groups (broad SMARTS) is 1. The van der Waals surface area contributed by atoms with Gasteiger partial charge in [-0.2, -0.15) is 5.10 Å². The first-order chi connectivity index (χ1) is 9.06. The Morgan fingerprint density at radius 3 is 2.95 bits per heavy atom. The largest absolute Gasteiger partial charge is 0.478 e. The van der Waals surface area contributed by atoms with E-state index < -0.39 is 5.97 Å². The molecular formula is C12H13ClN4O2. The third-order valence-corrected chi connectivity index (χ3v) is 2.80. The maximum atomic E-state index is 10.9. The van der Waals surface area contributed by atoms with Crippen LogP contribution in [0.25, 0.3) is 0 Å². The van der Waals surface area contributed by atoms with Gasteiger partial charge in [0.2, 0.25) is 0 Å². The predicted octanol–water partition coefficient (Wildman–Crippen LogP) is 2.05. The maximum Gasteiger partial charge on any atom is 0.337 e. The maximum absolute atomic E-state index is 10.9. The average molecular weight is 281 g/mol. The van der Waals surface area contributed by atoms with Crippen molar-refractivity contribution in [1.82, 2.24) is 14.8 Å². The van der Waals surface area contributed by atoms with Crippen LogP contribution in [0.5, 0.6) is 0 Å². The predicted molar refractivity (Wildman–Crippen MR) is 71.7 cm³/mol. The van der Waals surface area contributed by atoms with Crippen LogP contribution in [-0.2, 0) is 6.54 Å². The number of aryl methyl sites for hydroxylation is 1.